The molecule has 0 N–H and O–H groups in total. The van der Waals surface area contributed by atoms with Crippen LogP contribution in [0.5, 0.6) is 0 Å². The topological polar surface area (TPSA) is 0 Å². The highest BCUT2D eigenvalue weighted by molar-refractivity contribution is 8.01. The Kier molecular flexibility index (Phi) is 9.68. The molecule has 0 nitrogen and oxygen atoms in total. The van der Waals surface area contributed by atoms with Crippen molar-refractivity contribution in [3.05, 3.63) is 5.75 Å². The fourth-order valence-corrected chi connectivity index (χ4v) is 1.42. The zero-order valence-electron chi connectivity index (χ0n) is 7.23. The van der Waals surface area contributed by atoms with Crippen LogP contribution in [0.4, 0.5) is 0 Å². The second-order valence-corrected chi connectivity index (χ2v) is 3.72. The minimum Gasteiger partial charge on any atom is -0.158 e. The van der Waals surface area contributed by atoms with Gasteiger partial charge >= 0.3 is 0 Å². The predicted octanol–water partition coefficient (Wildman–Crippen LogP) is 3.87. The van der Waals surface area contributed by atoms with Crippen molar-refractivity contribution in [2.24, 2.45) is 0 Å². The van der Waals surface area contributed by atoms with Crippen LogP contribution in [0.3, 0.4) is 0 Å². The lowest BCUT2D eigenvalue weighted by atomic mass is 10.2. The first kappa shape index (κ1) is 10.3. The standard InChI is InChI=1S/C9H19S/c1-3-5-6-7-8-9-10-4-2/h9H,3-8H2,1-2H3. The first-order valence-corrected chi connectivity index (χ1v) is 5.40. The Hall–Kier alpha value is 0.350. The zero-order chi connectivity index (χ0) is 7.66. The van der Waals surface area contributed by atoms with Crippen molar-refractivity contribution >= 4 is 11.8 Å². The third kappa shape index (κ3) is 8.35. The summed E-state index contributed by atoms with van der Waals surface area (Å²) in [6.07, 6.45) is 6.86. The van der Waals surface area contributed by atoms with Crippen LogP contribution in [0, 0.1) is 5.75 Å². The van der Waals surface area contributed by atoms with Gasteiger partial charge in [-0.25, -0.2) is 0 Å². The molecular formula is C9H19S. The number of hydrogen-bond donors (Lipinski definition) is 0. The van der Waals surface area contributed by atoms with Gasteiger partial charge in [-0.05, 0) is 12.2 Å². The molecule has 0 saturated carbocycles. The molecule has 0 fully saturated rings. The van der Waals surface area contributed by atoms with Gasteiger partial charge in [0.25, 0.3) is 0 Å². The van der Waals surface area contributed by atoms with Crippen molar-refractivity contribution in [2.45, 2.75) is 46.0 Å². The molecule has 0 heterocycles. The molecule has 10 heavy (non-hydrogen) atoms. The van der Waals surface area contributed by atoms with E-state index in [1.54, 1.807) is 0 Å². The van der Waals surface area contributed by atoms with Gasteiger partial charge in [-0.3, -0.25) is 0 Å². The van der Waals surface area contributed by atoms with Crippen LogP contribution in [0.1, 0.15) is 46.0 Å². The van der Waals surface area contributed by atoms with Gasteiger partial charge < -0.3 is 0 Å². The highest BCUT2D eigenvalue weighted by Gasteiger charge is 1.88. The average molecular weight is 159 g/mol. The van der Waals surface area contributed by atoms with Gasteiger partial charge in [-0.2, -0.15) is 11.8 Å². The molecule has 0 aromatic carbocycles. The molecule has 0 aliphatic rings. The van der Waals surface area contributed by atoms with E-state index >= 15 is 0 Å². The Morgan fingerprint density at radius 1 is 1.10 bits per heavy atom. The Bertz CT molecular complexity index is 44.7. The number of thioether (sulfide) groups is 1. The van der Waals surface area contributed by atoms with E-state index in [9.17, 15) is 0 Å². The lowest BCUT2D eigenvalue weighted by Gasteiger charge is -1.97. The second kappa shape index (κ2) is 9.35. The number of hydrogen-bond acceptors (Lipinski definition) is 1. The van der Waals surface area contributed by atoms with Gasteiger partial charge in [0, 0.05) is 5.75 Å². The molecule has 0 amide bonds. The van der Waals surface area contributed by atoms with E-state index in [4.69, 9.17) is 0 Å². The summed E-state index contributed by atoms with van der Waals surface area (Å²) in [4.78, 5) is 0. The van der Waals surface area contributed by atoms with Gasteiger partial charge in [-0.1, -0.05) is 39.5 Å². The van der Waals surface area contributed by atoms with Crippen molar-refractivity contribution < 1.29 is 0 Å². The number of rotatable bonds is 7. The van der Waals surface area contributed by atoms with Crippen LogP contribution in [0.15, 0.2) is 0 Å². The van der Waals surface area contributed by atoms with E-state index in [0.717, 1.165) is 0 Å². The predicted molar refractivity (Wildman–Crippen MR) is 51.2 cm³/mol. The molecule has 0 spiro atoms. The van der Waals surface area contributed by atoms with Crippen molar-refractivity contribution in [1.82, 2.24) is 0 Å². The monoisotopic (exact) mass is 159 g/mol. The molecule has 0 saturated heterocycles. The molecule has 0 bridgehead atoms. The Balaban J connectivity index is 2.65. The third-order valence-corrected chi connectivity index (χ3v) is 2.26. The van der Waals surface area contributed by atoms with Crippen LogP contribution < -0.4 is 0 Å². The van der Waals surface area contributed by atoms with Crippen molar-refractivity contribution in [2.75, 3.05) is 5.75 Å². The molecule has 1 heteroatoms. The third-order valence-electron chi connectivity index (χ3n) is 1.46. The van der Waals surface area contributed by atoms with E-state index in [0.29, 0.717) is 0 Å². The lowest BCUT2D eigenvalue weighted by Crippen LogP contribution is -1.76. The molecule has 0 aliphatic heterocycles. The quantitative estimate of drug-likeness (QED) is 0.508. The molecule has 1 radical (unpaired) electrons. The van der Waals surface area contributed by atoms with Crippen LogP contribution in [-0.2, 0) is 0 Å². The van der Waals surface area contributed by atoms with Gasteiger partial charge in [0.15, 0.2) is 0 Å². The van der Waals surface area contributed by atoms with Crippen molar-refractivity contribution in [3.8, 4) is 0 Å². The first-order chi connectivity index (χ1) is 4.91. The largest absolute Gasteiger partial charge is 0.158 e. The van der Waals surface area contributed by atoms with Gasteiger partial charge in [0.05, 0.1) is 0 Å². The Labute approximate surface area is 69.8 Å². The summed E-state index contributed by atoms with van der Waals surface area (Å²) in [6.45, 7) is 4.46. The molecule has 0 aliphatic carbocycles. The molecule has 0 unspecified atom stereocenters. The second-order valence-electron chi connectivity index (χ2n) is 2.47. The summed E-state index contributed by atoms with van der Waals surface area (Å²) < 4.78 is 0. The smallest absolute Gasteiger partial charge is 0.0166 e. The van der Waals surface area contributed by atoms with E-state index in [-0.39, 0.29) is 0 Å². The van der Waals surface area contributed by atoms with Crippen LogP contribution >= 0.6 is 11.8 Å². The Morgan fingerprint density at radius 2 is 1.90 bits per heavy atom. The number of unbranched alkanes of at least 4 members (excludes halogenated alkanes) is 4. The van der Waals surface area contributed by atoms with Gasteiger partial charge in [0.2, 0.25) is 0 Å². The fourth-order valence-electron chi connectivity index (χ4n) is 0.856. The van der Waals surface area contributed by atoms with Crippen molar-refractivity contribution in [1.29, 1.82) is 0 Å². The lowest BCUT2D eigenvalue weighted by molar-refractivity contribution is 0.671. The highest BCUT2D eigenvalue weighted by Crippen LogP contribution is 2.12. The maximum Gasteiger partial charge on any atom is 0.0166 e. The van der Waals surface area contributed by atoms with E-state index < -0.39 is 0 Å². The van der Waals surface area contributed by atoms with Crippen LogP contribution in [0.25, 0.3) is 0 Å². The normalized spacial score (nSPS) is 10.2. The summed E-state index contributed by atoms with van der Waals surface area (Å²) in [6, 6.07) is 0. The van der Waals surface area contributed by atoms with E-state index in [1.807, 2.05) is 11.8 Å². The maximum atomic E-state index is 2.34. The summed E-state index contributed by atoms with van der Waals surface area (Å²) in [7, 11) is 0. The van der Waals surface area contributed by atoms with Crippen LogP contribution in [0.2, 0.25) is 0 Å². The molecule has 61 valence electrons. The molecule has 0 aromatic heterocycles. The zero-order valence-corrected chi connectivity index (χ0v) is 8.04. The molecule has 0 atom stereocenters. The van der Waals surface area contributed by atoms with Gasteiger partial charge in [0.1, 0.15) is 0 Å². The summed E-state index contributed by atoms with van der Waals surface area (Å²) in [5.41, 5.74) is 0. The molecular weight excluding hydrogens is 140 g/mol. The minimum absolute atomic E-state index is 1.23. The SMILES string of the molecule is CCCCCC[CH]SCC. The van der Waals surface area contributed by atoms with Crippen LogP contribution in [-0.4, -0.2) is 5.75 Å². The molecule has 0 rings (SSSR count). The minimum atomic E-state index is 1.23. The summed E-state index contributed by atoms with van der Waals surface area (Å²) >= 11 is 1.94. The Morgan fingerprint density at radius 3 is 2.50 bits per heavy atom. The summed E-state index contributed by atoms with van der Waals surface area (Å²) in [5, 5.41) is 0. The van der Waals surface area contributed by atoms with Crippen molar-refractivity contribution in [3.63, 3.8) is 0 Å². The fraction of sp³-hybridized carbons (Fsp3) is 0.889. The molecule has 0 aromatic rings. The van der Waals surface area contributed by atoms with E-state index in [2.05, 4.69) is 19.6 Å². The average Bonchev–Trinajstić information content (AvgIpc) is 1.97. The van der Waals surface area contributed by atoms with E-state index in [1.165, 1.54) is 37.9 Å². The maximum absolute atomic E-state index is 2.34. The van der Waals surface area contributed by atoms with Gasteiger partial charge in [-0.15, -0.1) is 0 Å². The first-order valence-electron chi connectivity index (χ1n) is 4.35. The highest BCUT2D eigenvalue weighted by atomic mass is 32.2. The summed E-state index contributed by atoms with van der Waals surface area (Å²) in [5.74, 6) is 3.57.